The molecular formula is C15H20Cl2N4O. The van der Waals surface area contributed by atoms with E-state index >= 15 is 0 Å². The van der Waals surface area contributed by atoms with E-state index in [1.807, 2.05) is 32.0 Å². The molecule has 0 saturated carbocycles. The van der Waals surface area contributed by atoms with Crippen molar-refractivity contribution in [3.63, 3.8) is 0 Å². The number of nitrogens with one attached hydrogen (secondary N) is 1. The fourth-order valence-corrected chi connectivity index (χ4v) is 2.14. The first kappa shape index (κ1) is 18.5. The fourth-order valence-electron chi connectivity index (χ4n) is 1.91. The SMILES string of the molecule is Cl.Cn1cc(C(=O)NCC(C)(C)N)c(-c2ccccc2Cl)n1. The number of rotatable bonds is 4. The van der Waals surface area contributed by atoms with E-state index in [-0.39, 0.29) is 18.3 Å². The van der Waals surface area contributed by atoms with Gasteiger partial charge in [0.1, 0.15) is 5.69 Å². The summed E-state index contributed by atoms with van der Waals surface area (Å²) >= 11 is 6.19. The van der Waals surface area contributed by atoms with Crippen LogP contribution in [-0.2, 0) is 7.05 Å². The summed E-state index contributed by atoms with van der Waals surface area (Å²) in [4.78, 5) is 12.3. The van der Waals surface area contributed by atoms with Gasteiger partial charge in [-0.15, -0.1) is 12.4 Å². The molecule has 1 amide bonds. The van der Waals surface area contributed by atoms with Crippen molar-refractivity contribution in [1.82, 2.24) is 15.1 Å². The highest BCUT2D eigenvalue weighted by Gasteiger charge is 2.20. The molecule has 0 atom stereocenters. The van der Waals surface area contributed by atoms with Crippen LogP contribution in [0.1, 0.15) is 24.2 Å². The average Bonchev–Trinajstić information content (AvgIpc) is 2.77. The Kier molecular flexibility index (Phi) is 6.00. The van der Waals surface area contributed by atoms with Crippen molar-refractivity contribution in [2.75, 3.05) is 6.54 Å². The number of hydrogen-bond acceptors (Lipinski definition) is 3. The van der Waals surface area contributed by atoms with Gasteiger partial charge in [0.15, 0.2) is 0 Å². The smallest absolute Gasteiger partial charge is 0.255 e. The number of halogens is 2. The number of hydrogen-bond donors (Lipinski definition) is 2. The van der Waals surface area contributed by atoms with Gasteiger partial charge in [-0.05, 0) is 19.9 Å². The Bertz CT molecular complexity index is 662. The molecule has 0 unspecified atom stereocenters. The number of nitrogens with two attached hydrogens (primary N) is 1. The molecule has 2 aromatic rings. The maximum Gasteiger partial charge on any atom is 0.255 e. The van der Waals surface area contributed by atoms with Gasteiger partial charge in [-0.1, -0.05) is 29.8 Å². The van der Waals surface area contributed by atoms with Crippen molar-refractivity contribution in [2.45, 2.75) is 19.4 Å². The molecule has 22 heavy (non-hydrogen) atoms. The summed E-state index contributed by atoms with van der Waals surface area (Å²) < 4.78 is 1.60. The lowest BCUT2D eigenvalue weighted by atomic mass is 10.1. The summed E-state index contributed by atoms with van der Waals surface area (Å²) in [6, 6.07) is 7.32. The first-order chi connectivity index (χ1) is 9.78. The van der Waals surface area contributed by atoms with Gasteiger partial charge in [0.2, 0.25) is 0 Å². The Labute approximate surface area is 141 Å². The molecule has 2 rings (SSSR count). The summed E-state index contributed by atoms with van der Waals surface area (Å²) in [7, 11) is 1.77. The van der Waals surface area contributed by atoms with Gasteiger partial charge >= 0.3 is 0 Å². The third kappa shape index (κ3) is 4.47. The van der Waals surface area contributed by atoms with Gasteiger partial charge in [0.05, 0.1) is 10.6 Å². The zero-order valence-corrected chi connectivity index (χ0v) is 14.3. The second-order valence-electron chi connectivity index (χ2n) is 5.72. The fraction of sp³-hybridized carbons (Fsp3) is 0.333. The van der Waals surface area contributed by atoms with E-state index in [1.165, 1.54) is 0 Å². The molecule has 1 aromatic heterocycles. The van der Waals surface area contributed by atoms with E-state index in [0.29, 0.717) is 22.8 Å². The van der Waals surface area contributed by atoms with Crippen LogP contribution in [0.2, 0.25) is 5.02 Å². The maximum atomic E-state index is 12.3. The average molecular weight is 343 g/mol. The summed E-state index contributed by atoms with van der Waals surface area (Å²) in [5, 5.41) is 7.73. The molecule has 0 aliphatic carbocycles. The molecule has 0 fully saturated rings. The van der Waals surface area contributed by atoms with Gasteiger partial charge < -0.3 is 11.1 Å². The van der Waals surface area contributed by atoms with Crippen LogP contribution in [0.5, 0.6) is 0 Å². The van der Waals surface area contributed by atoms with Crippen molar-refractivity contribution in [2.24, 2.45) is 12.8 Å². The first-order valence-corrected chi connectivity index (χ1v) is 7.01. The van der Waals surface area contributed by atoms with Crippen LogP contribution < -0.4 is 11.1 Å². The molecular weight excluding hydrogens is 323 g/mol. The van der Waals surface area contributed by atoms with Crippen LogP contribution in [0.4, 0.5) is 0 Å². The Morgan fingerprint density at radius 1 is 1.41 bits per heavy atom. The number of aromatic nitrogens is 2. The highest BCUT2D eigenvalue weighted by atomic mass is 35.5. The van der Waals surface area contributed by atoms with Crippen LogP contribution in [-0.4, -0.2) is 27.8 Å². The predicted molar refractivity (Wildman–Crippen MR) is 91.5 cm³/mol. The minimum absolute atomic E-state index is 0. The van der Waals surface area contributed by atoms with Gasteiger partial charge in [0, 0.05) is 30.9 Å². The minimum atomic E-state index is -0.470. The molecule has 0 radical (unpaired) electrons. The molecule has 3 N–H and O–H groups in total. The highest BCUT2D eigenvalue weighted by Crippen LogP contribution is 2.28. The number of carbonyl (C=O) groups excluding carboxylic acids is 1. The van der Waals surface area contributed by atoms with Crippen molar-refractivity contribution in [3.05, 3.63) is 41.0 Å². The molecule has 0 aliphatic heterocycles. The third-order valence-corrected chi connectivity index (χ3v) is 3.24. The van der Waals surface area contributed by atoms with Gasteiger partial charge in [-0.3, -0.25) is 9.48 Å². The topological polar surface area (TPSA) is 72.9 Å². The van der Waals surface area contributed by atoms with E-state index in [1.54, 1.807) is 24.0 Å². The van der Waals surface area contributed by atoms with Gasteiger partial charge in [-0.2, -0.15) is 5.10 Å². The van der Waals surface area contributed by atoms with Crippen molar-refractivity contribution in [3.8, 4) is 11.3 Å². The van der Waals surface area contributed by atoms with Gasteiger partial charge in [0.25, 0.3) is 5.91 Å². The molecule has 1 heterocycles. The second kappa shape index (κ2) is 7.13. The number of benzene rings is 1. The normalized spacial score (nSPS) is 11.0. The lowest BCUT2D eigenvalue weighted by Gasteiger charge is -2.18. The third-order valence-electron chi connectivity index (χ3n) is 2.91. The number of nitrogens with zero attached hydrogens (tertiary/aromatic N) is 2. The quantitative estimate of drug-likeness (QED) is 0.896. The number of carbonyl (C=O) groups is 1. The summed E-state index contributed by atoms with van der Waals surface area (Å²) in [6.07, 6.45) is 1.68. The van der Waals surface area contributed by atoms with Crippen LogP contribution in [0.25, 0.3) is 11.3 Å². The lowest BCUT2D eigenvalue weighted by Crippen LogP contribution is -2.45. The zero-order chi connectivity index (χ0) is 15.6. The molecule has 0 aliphatic rings. The first-order valence-electron chi connectivity index (χ1n) is 6.63. The van der Waals surface area contributed by atoms with Gasteiger partial charge in [-0.25, -0.2) is 0 Å². The zero-order valence-electron chi connectivity index (χ0n) is 12.8. The standard InChI is InChI=1S/C15H19ClN4O.ClH/c1-15(2,17)9-18-14(21)11-8-20(3)19-13(11)10-6-4-5-7-12(10)16;/h4-8H,9,17H2,1-3H3,(H,18,21);1H. The van der Waals surface area contributed by atoms with Crippen molar-refractivity contribution in [1.29, 1.82) is 0 Å². The van der Waals surface area contributed by atoms with Crippen LogP contribution >= 0.6 is 24.0 Å². The van der Waals surface area contributed by atoms with Crippen LogP contribution in [0.3, 0.4) is 0 Å². The molecule has 5 nitrogen and oxygen atoms in total. The number of aryl methyl sites for hydroxylation is 1. The van der Waals surface area contributed by atoms with Crippen LogP contribution in [0.15, 0.2) is 30.5 Å². The number of amides is 1. The Balaban J connectivity index is 0.00000242. The van der Waals surface area contributed by atoms with Crippen molar-refractivity contribution >= 4 is 29.9 Å². The summed E-state index contributed by atoms with van der Waals surface area (Å²) in [6.45, 7) is 4.08. The molecule has 0 spiro atoms. The largest absolute Gasteiger partial charge is 0.350 e. The van der Waals surface area contributed by atoms with E-state index in [2.05, 4.69) is 10.4 Å². The van der Waals surface area contributed by atoms with E-state index in [9.17, 15) is 4.79 Å². The maximum absolute atomic E-state index is 12.3. The monoisotopic (exact) mass is 342 g/mol. The van der Waals surface area contributed by atoms with E-state index in [0.717, 1.165) is 5.56 Å². The summed E-state index contributed by atoms with van der Waals surface area (Å²) in [5.41, 5.74) is 7.19. The molecule has 1 aromatic carbocycles. The lowest BCUT2D eigenvalue weighted by molar-refractivity contribution is 0.0946. The predicted octanol–water partition coefficient (Wildman–Crippen LogP) is 2.63. The Morgan fingerprint density at radius 3 is 2.64 bits per heavy atom. The van der Waals surface area contributed by atoms with Crippen molar-refractivity contribution < 1.29 is 4.79 Å². The molecule has 7 heteroatoms. The van der Waals surface area contributed by atoms with E-state index in [4.69, 9.17) is 17.3 Å². The Hall–Kier alpha value is -1.56. The summed E-state index contributed by atoms with van der Waals surface area (Å²) in [5.74, 6) is -0.212. The second-order valence-corrected chi connectivity index (χ2v) is 6.12. The van der Waals surface area contributed by atoms with E-state index < -0.39 is 5.54 Å². The molecule has 0 bridgehead atoms. The van der Waals surface area contributed by atoms with Crippen LogP contribution in [0, 0.1) is 0 Å². The molecule has 120 valence electrons. The minimum Gasteiger partial charge on any atom is -0.350 e. The highest BCUT2D eigenvalue weighted by molar-refractivity contribution is 6.33. The Morgan fingerprint density at radius 2 is 2.05 bits per heavy atom. The molecule has 0 saturated heterocycles.